The lowest BCUT2D eigenvalue weighted by molar-refractivity contribution is 0.673. The van der Waals surface area contributed by atoms with Gasteiger partial charge in [-0.25, -0.2) is 0 Å². The van der Waals surface area contributed by atoms with Gasteiger partial charge in [-0.1, -0.05) is 36.4 Å². The summed E-state index contributed by atoms with van der Waals surface area (Å²) in [6, 6.07) is 16.5. The van der Waals surface area contributed by atoms with Crippen molar-refractivity contribution in [3.8, 4) is 0 Å². The van der Waals surface area contributed by atoms with E-state index in [1.165, 1.54) is 10.8 Å². The second kappa shape index (κ2) is 4.27. The van der Waals surface area contributed by atoms with E-state index in [2.05, 4.69) is 35.4 Å². The maximum atomic E-state index is 6.29. The normalized spacial score (nSPS) is 12.8. The van der Waals surface area contributed by atoms with E-state index in [0.717, 1.165) is 11.3 Å². The number of benzene rings is 2. The highest BCUT2D eigenvalue weighted by molar-refractivity contribution is 5.83. The highest BCUT2D eigenvalue weighted by atomic mass is 15.3. The second-order valence-electron chi connectivity index (χ2n) is 4.46. The van der Waals surface area contributed by atoms with Gasteiger partial charge < -0.3 is 5.73 Å². The molecule has 0 fully saturated rings. The predicted molar refractivity (Wildman–Crippen MR) is 73.2 cm³/mol. The van der Waals surface area contributed by atoms with Crippen LogP contribution in [0.25, 0.3) is 10.8 Å². The van der Waals surface area contributed by atoms with Crippen molar-refractivity contribution in [1.29, 1.82) is 0 Å². The summed E-state index contributed by atoms with van der Waals surface area (Å²) in [5.41, 5.74) is 8.42. The summed E-state index contributed by atoms with van der Waals surface area (Å²) in [7, 11) is 1.91. The van der Waals surface area contributed by atoms with Crippen LogP contribution in [0.2, 0.25) is 0 Å². The van der Waals surface area contributed by atoms with Crippen molar-refractivity contribution in [3.05, 3.63) is 66.0 Å². The van der Waals surface area contributed by atoms with E-state index in [1.54, 1.807) is 6.20 Å². The maximum Gasteiger partial charge on any atom is 0.0723 e. The van der Waals surface area contributed by atoms with Gasteiger partial charge in [-0.15, -0.1) is 0 Å². The number of rotatable bonds is 2. The molecule has 90 valence electrons. The summed E-state index contributed by atoms with van der Waals surface area (Å²) >= 11 is 0. The minimum absolute atomic E-state index is 0.137. The molecule has 0 saturated heterocycles. The van der Waals surface area contributed by atoms with Crippen LogP contribution in [0, 0.1) is 0 Å². The smallest absolute Gasteiger partial charge is 0.0723 e. The van der Waals surface area contributed by atoms with Crippen molar-refractivity contribution in [1.82, 2.24) is 9.78 Å². The number of hydrogen-bond donors (Lipinski definition) is 1. The van der Waals surface area contributed by atoms with Gasteiger partial charge in [0, 0.05) is 13.2 Å². The molecular weight excluding hydrogens is 222 g/mol. The van der Waals surface area contributed by atoms with Crippen LogP contribution in [0.1, 0.15) is 17.3 Å². The Morgan fingerprint density at radius 3 is 2.56 bits per heavy atom. The fourth-order valence-corrected chi connectivity index (χ4v) is 2.26. The van der Waals surface area contributed by atoms with Crippen LogP contribution >= 0.6 is 0 Å². The lowest BCUT2D eigenvalue weighted by Crippen LogP contribution is -2.15. The van der Waals surface area contributed by atoms with Crippen LogP contribution in [0.4, 0.5) is 0 Å². The first-order valence-corrected chi connectivity index (χ1v) is 5.98. The molecule has 0 aliphatic heterocycles. The average Bonchev–Trinajstić information content (AvgIpc) is 2.83. The topological polar surface area (TPSA) is 43.8 Å². The molecule has 18 heavy (non-hydrogen) atoms. The second-order valence-corrected chi connectivity index (χ2v) is 4.46. The minimum atomic E-state index is -0.137. The van der Waals surface area contributed by atoms with Crippen LogP contribution < -0.4 is 5.73 Å². The Bertz CT molecular complexity index is 685. The van der Waals surface area contributed by atoms with Crippen molar-refractivity contribution in [2.24, 2.45) is 12.8 Å². The fraction of sp³-hybridized carbons (Fsp3) is 0.133. The van der Waals surface area contributed by atoms with Crippen LogP contribution in [0.5, 0.6) is 0 Å². The van der Waals surface area contributed by atoms with E-state index < -0.39 is 0 Å². The molecule has 2 N–H and O–H groups in total. The van der Waals surface area contributed by atoms with Crippen molar-refractivity contribution >= 4 is 10.8 Å². The first-order chi connectivity index (χ1) is 8.75. The Kier molecular flexibility index (Phi) is 2.61. The molecule has 0 aliphatic rings. The zero-order valence-electron chi connectivity index (χ0n) is 10.2. The molecule has 0 aliphatic carbocycles. The molecule has 3 aromatic rings. The van der Waals surface area contributed by atoms with Crippen LogP contribution in [0.15, 0.2) is 54.7 Å². The van der Waals surface area contributed by atoms with Crippen LogP contribution in [-0.2, 0) is 7.05 Å². The van der Waals surface area contributed by atoms with E-state index in [4.69, 9.17) is 5.73 Å². The third-order valence-electron chi connectivity index (χ3n) is 3.31. The van der Waals surface area contributed by atoms with Gasteiger partial charge in [0.05, 0.1) is 11.7 Å². The molecule has 0 bridgehead atoms. The number of nitrogens with two attached hydrogens (primary N) is 1. The molecule has 3 nitrogen and oxygen atoms in total. The zero-order valence-corrected chi connectivity index (χ0v) is 10.2. The Morgan fingerprint density at radius 2 is 1.83 bits per heavy atom. The Morgan fingerprint density at radius 1 is 1.06 bits per heavy atom. The summed E-state index contributed by atoms with van der Waals surface area (Å²) in [5.74, 6) is 0. The molecule has 1 unspecified atom stereocenters. The summed E-state index contributed by atoms with van der Waals surface area (Å²) in [6.07, 6.45) is 1.77. The van der Waals surface area contributed by atoms with E-state index in [-0.39, 0.29) is 6.04 Å². The standard InChI is InChI=1S/C15H15N3/c1-18-14(8-9-17-18)15(16)13-7-6-11-4-2-3-5-12(11)10-13/h2-10,15H,16H2,1H3. The van der Waals surface area contributed by atoms with Crippen molar-refractivity contribution < 1.29 is 0 Å². The van der Waals surface area contributed by atoms with Crippen LogP contribution in [-0.4, -0.2) is 9.78 Å². The Hall–Kier alpha value is -2.13. The molecule has 0 amide bonds. The van der Waals surface area contributed by atoms with Gasteiger partial charge in [-0.3, -0.25) is 4.68 Å². The van der Waals surface area contributed by atoms with Gasteiger partial charge in [-0.05, 0) is 28.5 Å². The SMILES string of the molecule is Cn1nccc1C(N)c1ccc2ccccc2c1. The van der Waals surface area contributed by atoms with E-state index in [1.807, 2.05) is 29.9 Å². The number of aromatic nitrogens is 2. The van der Waals surface area contributed by atoms with Gasteiger partial charge in [-0.2, -0.15) is 5.10 Å². The van der Waals surface area contributed by atoms with E-state index >= 15 is 0 Å². The van der Waals surface area contributed by atoms with Crippen molar-refractivity contribution in [2.45, 2.75) is 6.04 Å². The molecule has 0 radical (unpaired) electrons. The van der Waals surface area contributed by atoms with Gasteiger partial charge >= 0.3 is 0 Å². The minimum Gasteiger partial charge on any atom is -0.319 e. The van der Waals surface area contributed by atoms with Gasteiger partial charge in [0.2, 0.25) is 0 Å². The molecule has 0 saturated carbocycles. The summed E-state index contributed by atoms with van der Waals surface area (Å²) in [6.45, 7) is 0. The quantitative estimate of drug-likeness (QED) is 0.744. The van der Waals surface area contributed by atoms with Crippen LogP contribution in [0.3, 0.4) is 0 Å². The first-order valence-electron chi connectivity index (χ1n) is 5.98. The molecule has 1 aromatic heterocycles. The highest BCUT2D eigenvalue weighted by Gasteiger charge is 2.12. The first kappa shape index (κ1) is 11.0. The number of fused-ring (bicyclic) bond motifs is 1. The number of hydrogen-bond acceptors (Lipinski definition) is 2. The predicted octanol–water partition coefficient (Wildman–Crippen LogP) is 2.62. The van der Waals surface area contributed by atoms with E-state index in [0.29, 0.717) is 0 Å². The summed E-state index contributed by atoms with van der Waals surface area (Å²) in [5, 5.41) is 6.61. The highest BCUT2D eigenvalue weighted by Crippen LogP contribution is 2.23. The molecule has 2 aromatic carbocycles. The Labute approximate surface area is 106 Å². The van der Waals surface area contributed by atoms with Gasteiger partial charge in [0.15, 0.2) is 0 Å². The lowest BCUT2D eigenvalue weighted by Gasteiger charge is -2.13. The molecule has 0 spiro atoms. The third-order valence-corrected chi connectivity index (χ3v) is 3.31. The maximum absolute atomic E-state index is 6.29. The number of nitrogens with zero attached hydrogens (tertiary/aromatic N) is 2. The van der Waals surface area contributed by atoms with Crippen molar-refractivity contribution in [2.75, 3.05) is 0 Å². The Balaban J connectivity index is 2.07. The third kappa shape index (κ3) is 1.79. The molecule has 3 heteroatoms. The molecular formula is C15H15N3. The van der Waals surface area contributed by atoms with E-state index in [9.17, 15) is 0 Å². The monoisotopic (exact) mass is 237 g/mol. The average molecular weight is 237 g/mol. The molecule has 1 heterocycles. The van der Waals surface area contributed by atoms with Gasteiger partial charge in [0.1, 0.15) is 0 Å². The van der Waals surface area contributed by atoms with Crippen molar-refractivity contribution in [3.63, 3.8) is 0 Å². The lowest BCUT2D eigenvalue weighted by atomic mass is 10.0. The summed E-state index contributed by atoms with van der Waals surface area (Å²) in [4.78, 5) is 0. The largest absolute Gasteiger partial charge is 0.319 e. The molecule has 1 atom stereocenters. The number of aryl methyl sites for hydroxylation is 1. The summed E-state index contributed by atoms with van der Waals surface area (Å²) < 4.78 is 1.82. The van der Waals surface area contributed by atoms with Gasteiger partial charge in [0.25, 0.3) is 0 Å². The molecule has 3 rings (SSSR count). The zero-order chi connectivity index (χ0) is 12.5. The fourth-order valence-electron chi connectivity index (χ4n) is 2.26.